The highest BCUT2D eigenvalue weighted by Crippen LogP contribution is 2.19. The Balaban J connectivity index is 4.28. The van der Waals surface area contributed by atoms with Crippen LogP contribution in [-0.2, 0) is 0 Å². The molecule has 0 aromatic rings. The van der Waals surface area contributed by atoms with Crippen LogP contribution in [0.1, 0.15) is 113 Å². The molecule has 5 nitrogen and oxygen atoms in total. The van der Waals surface area contributed by atoms with E-state index in [-0.39, 0.29) is 6.42 Å². The van der Waals surface area contributed by atoms with E-state index in [0.717, 1.165) is 50.5 Å². The van der Waals surface area contributed by atoms with Crippen molar-refractivity contribution < 1.29 is 25.5 Å². The molecule has 0 amide bonds. The van der Waals surface area contributed by atoms with Gasteiger partial charge in [-0.2, -0.15) is 0 Å². The Morgan fingerprint density at radius 2 is 1.00 bits per heavy atom. The Morgan fingerprint density at radius 3 is 1.46 bits per heavy atom. The van der Waals surface area contributed by atoms with Gasteiger partial charge in [0.05, 0.1) is 29.5 Å². The van der Waals surface area contributed by atoms with Gasteiger partial charge in [-0.1, -0.05) is 41.0 Å². The minimum absolute atomic E-state index is 0.132. The fourth-order valence-corrected chi connectivity index (χ4v) is 3.58. The summed E-state index contributed by atoms with van der Waals surface area (Å²) < 4.78 is 0. The van der Waals surface area contributed by atoms with E-state index < -0.39 is 29.5 Å². The van der Waals surface area contributed by atoms with Gasteiger partial charge in [0.2, 0.25) is 0 Å². The standard InChI is InChI=1S/C30H54O5/c1-22(15-11-16-24(3)19-20-27(32)29(5,6)34)13-9-10-14-23(2)17-12-18-25(4)26(31)21-28(33)30(7,8)35/h13-14,16,18,26-28,31-35H,9-12,15,17,19-21H2,1-8H3/b22-13+,23-14-,24-16-,25-18-/t26-,27+,28+/m1/s1. The average molecular weight is 495 g/mol. The molecule has 35 heavy (non-hydrogen) atoms. The number of hydrogen-bond acceptors (Lipinski definition) is 5. The summed E-state index contributed by atoms with van der Waals surface area (Å²) in [4.78, 5) is 0. The molecule has 204 valence electrons. The van der Waals surface area contributed by atoms with Crippen LogP contribution in [0.3, 0.4) is 0 Å². The lowest BCUT2D eigenvalue weighted by Gasteiger charge is -2.26. The topological polar surface area (TPSA) is 101 Å². The van der Waals surface area contributed by atoms with Crippen LogP contribution in [0.5, 0.6) is 0 Å². The van der Waals surface area contributed by atoms with Gasteiger partial charge in [-0.05, 0) is 112 Å². The van der Waals surface area contributed by atoms with Crippen LogP contribution in [0, 0.1) is 0 Å². The Labute approximate surface area is 215 Å². The fourth-order valence-electron chi connectivity index (χ4n) is 3.58. The molecule has 0 heterocycles. The maximum Gasteiger partial charge on any atom is 0.0850 e. The first-order valence-electron chi connectivity index (χ1n) is 13.2. The minimum Gasteiger partial charge on any atom is -0.390 e. The number of allylic oxidation sites excluding steroid dienone is 7. The van der Waals surface area contributed by atoms with Crippen molar-refractivity contribution in [1.82, 2.24) is 0 Å². The SMILES string of the molecule is C/C(=C/CC/C=C(\C)CC/C=C(/C)CC[C@H](O)C(C)(C)O)CC/C=C(/C)[C@H](O)C[C@H](O)C(C)(C)O. The molecule has 5 N–H and O–H groups in total. The van der Waals surface area contributed by atoms with Gasteiger partial charge in [-0.3, -0.25) is 0 Å². The minimum atomic E-state index is -1.22. The number of aliphatic hydroxyl groups excluding tert-OH is 3. The van der Waals surface area contributed by atoms with E-state index in [2.05, 4.69) is 39.0 Å². The van der Waals surface area contributed by atoms with E-state index in [9.17, 15) is 25.5 Å². The predicted molar refractivity (Wildman–Crippen MR) is 147 cm³/mol. The summed E-state index contributed by atoms with van der Waals surface area (Å²) in [5, 5.41) is 49.7. The summed E-state index contributed by atoms with van der Waals surface area (Å²) in [5.41, 5.74) is 2.54. The third-order valence-corrected chi connectivity index (χ3v) is 6.60. The average Bonchev–Trinajstić information content (AvgIpc) is 2.73. The van der Waals surface area contributed by atoms with Crippen LogP contribution >= 0.6 is 0 Å². The first kappa shape index (κ1) is 33.8. The molecular formula is C30H54O5. The Hall–Kier alpha value is -1.24. The van der Waals surface area contributed by atoms with E-state index in [4.69, 9.17) is 0 Å². The molecule has 0 aliphatic carbocycles. The van der Waals surface area contributed by atoms with Crippen LogP contribution in [0.4, 0.5) is 0 Å². The lowest BCUT2D eigenvalue weighted by Crippen LogP contribution is -2.38. The summed E-state index contributed by atoms with van der Waals surface area (Å²) in [6.45, 7) is 14.6. The van der Waals surface area contributed by atoms with Crippen molar-refractivity contribution in [2.24, 2.45) is 0 Å². The maximum atomic E-state index is 10.2. The predicted octanol–water partition coefficient (Wildman–Crippen LogP) is 5.91. The van der Waals surface area contributed by atoms with E-state index in [0.29, 0.717) is 6.42 Å². The van der Waals surface area contributed by atoms with Crippen LogP contribution in [-0.4, -0.2) is 55.0 Å². The first-order valence-corrected chi connectivity index (χ1v) is 13.2. The van der Waals surface area contributed by atoms with E-state index in [1.165, 1.54) is 16.7 Å². The largest absolute Gasteiger partial charge is 0.390 e. The highest BCUT2D eigenvalue weighted by atomic mass is 16.3. The normalized spacial score (nSPS) is 17.5. The molecular weight excluding hydrogens is 440 g/mol. The van der Waals surface area contributed by atoms with Crippen molar-refractivity contribution in [3.8, 4) is 0 Å². The number of rotatable bonds is 17. The quantitative estimate of drug-likeness (QED) is 0.128. The highest BCUT2D eigenvalue weighted by Gasteiger charge is 2.27. The number of aliphatic hydroxyl groups is 5. The second-order valence-electron chi connectivity index (χ2n) is 11.4. The molecule has 5 heteroatoms. The lowest BCUT2D eigenvalue weighted by molar-refractivity contribution is -0.0640. The van der Waals surface area contributed by atoms with Gasteiger partial charge in [0.15, 0.2) is 0 Å². The molecule has 0 unspecified atom stereocenters. The summed E-state index contributed by atoms with van der Waals surface area (Å²) >= 11 is 0. The van der Waals surface area contributed by atoms with Crippen molar-refractivity contribution >= 4 is 0 Å². The van der Waals surface area contributed by atoms with E-state index in [1.807, 2.05) is 13.0 Å². The van der Waals surface area contributed by atoms with Crippen molar-refractivity contribution in [2.45, 2.75) is 143 Å². The molecule has 0 fully saturated rings. The maximum absolute atomic E-state index is 10.2. The van der Waals surface area contributed by atoms with Crippen molar-refractivity contribution in [1.29, 1.82) is 0 Å². The fraction of sp³-hybridized carbons (Fsp3) is 0.733. The van der Waals surface area contributed by atoms with Crippen LogP contribution < -0.4 is 0 Å². The van der Waals surface area contributed by atoms with Gasteiger partial charge in [-0.25, -0.2) is 0 Å². The Bertz CT molecular complexity index is 716. The first-order chi connectivity index (χ1) is 16.0. The van der Waals surface area contributed by atoms with Crippen molar-refractivity contribution in [3.63, 3.8) is 0 Å². The van der Waals surface area contributed by atoms with Gasteiger partial charge in [0, 0.05) is 6.42 Å². The molecule has 0 bridgehead atoms. The summed E-state index contributed by atoms with van der Waals surface area (Å²) in [5.74, 6) is 0. The van der Waals surface area contributed by atoms with Gasteiger partial charge in [0.25, 0.3) is 0 Å². The molecule has 0 saturated heterocycles. The molecule has 0 rings (SSSR count). The molecule has 0 aliphatic rings. The van der Waals surface area contributed by atoms with Gasteiger partial charge < -0.3 is 25.5 Å². The summed E-state index contributed by atoms with van der Waals surface area (Å²) in [7, 11) is 0. The smallest absolute Gasteiger partial charge is 0.0850 e. The molecule has 0 aromatic heterocycles. The Kier molecular flexibility index (Phi) is 15.9. The third-order valence-electron chi connectivity index (χ3n) is 6.60. The summed E-state index contributed by atoms with van der Waals surface area (Å²) in [6, 6.07) is 0. The van der Waals surface area contributed by atoms with Crippen molar-refractivity contribution in [3.05, 3.63) is 46.6 Å². The molecule has 0 saturated carbocycles. The molecule has 0 spiro atoms. The van der Waals surface area contributed by atoms with Gasteiger partial charge in [0.1, 0.15) is 0 Å². The molecule has 0 radical (unpaired) electrons. The zero-order chi connectivity index (χ0) is 27.2. The second-order valence-corrected chi connectivity index (χ2v) is 11.4. The molecule has 0 aromatic carbocycles. The lowest BCUT2D eigenvalue weighted by atomic mass is 9.93. The van der Waals surface area contributed by atoms with Gasteiger partial charge in [-0.15, -0.1) is 0 Å². The monoisotopic (exact) mass is 494 g/mol. The zero-order valence-electron chi connectivity index (χ0n) is 23.6. The van der Waals surface area contributed by atoms with Gasteiger partial charge >= 0.3 is 0 Å². The number of hydrogen-bond donors (Lipinski definition) is 5. The van der Waals surface area contributed by atoms with Crippen LogP contribution in [0.2, 0.25) is 0 Å². The van der Waals surface area contributed by atoms with E-state index >= 15 is 0 Å². The zero-order valence-corrected chi connectivity index (χ0v) is 23.6. The molecule has 3 atom stereocenters. The van der Waals surface area contributed by atoms with Crippen LogP contribution in [0.25, 0.3) is 0 Å². The second kappa shape index (κ2) is 16.5. The van der Waals surface area contributed by atoms with E-state index in [1.54, 1.807) is 27.7 Å². The Morgan fingerprint density at radius 1 is 0.600 bits per heavy atom. The van der Waals surface area contributed by atoms with Crippen molar-refractivity contribution in [2.75, 3.05) is 0 Å². The third kappa shape index (κ3) is 17.0. The highest BCUT2D eigenvalue weighted by molar-refractivity contribution is 5.09. The summed E-state index contributed by atoms with van der Waals surface area (Å²) in [6.07, 6.45) is 13.8. The molecule has 0 aliphatic heterocycles. The number of unbranched alkanes of at least 4 members (excludes halogenated alkanes) is 1. The van der Waals surface area contributed by atoms with Crippen LogP contribution in [0.15, 0.2) is 46.6 Å².